The van der Waals surface area contributed by atoms with Crippen LogP contribution in [0.2, 0.25) is 0 Å². The van der Waals surface area contributed by atoms with Crippen LogP contribution in [-0.2, 0) is 6.54 Å². The Balaban J connectivity index is 1.56. The summed E-state index contributed by atoms with van der Waals surface area (Å²) in [5.41, 5.74) is 2.32. The number of nitrogens with zero attached hydrogens (tertiary/aromatic N) is 4. The molecule has 2 heterocycles. The minimum Gasteiger partial charge on any atom is -0.390 e. The van der Waals surface area contributed by atoms with Crippen LogP contribution < -0.4 is 5.32 Å². The summed E-state index contributed by atoms with van der Waals surface area (Å²) < 4.78 is 2.14. The van der Waals surface area contributed by atoms with Crippen LogP contribution in [0.4, 0.5) is 5.82 Å². The number of nitrogens with one attached hydrogen (secondary N) is 1. The van der Waals surface area contributed by atoms with Crippen molar-refractivity contribution < 1.29 is 5.11 Å². The summed E-state index contributed by atoms with van der Waals surface area (Å²) >= 11 is 0. The molecule has 1 aromatic carbocycles. The summed E-state index contributed by atoms with van der Waals surface area (Å²) in [4.78, 5) is 13.4. The van der Waals surface area contributed by atoms with Gasteiger partial charge in [-0.3, -0.25) is 0 Å². The first kappa shape index (κ1) is 16.0. The lowest BCUT2D eigenvalue weighted by atomic mass is 9.83. The molecule has 1 saturated carbocycles. The number of aromatic nitrogens is 4. The molecule has 4 rings (SSSR count). The lowest BCUT2D eigenvalue weighted by molar-refractivity contribution is 0.0103. The van der Waals surface area contributed by atoms with Gasteiger partial charge in [-0.15, -0.1) is 0 Å². The fourth-order valence-electron chi connectivity index (χ4n) is 3.53. The SMILES string of the molecule is CC1(O)CCC(n2cnc3c(NCc4ccccc4)ncnc32)CC1. The van der Waals surface area contributed by atoms with Gasteiger partial charge in [-0.2, -0.15) is 0 Å². The van der Waals surface area contributed by atoms with E-state index in [1.54, 1.807) is 6.33 Å². The summed E-state index contributed by atoms with van der Waals surface area (Å²) in [6.07, 6.45) is 6.94. The minimum absolute atomic E-state index is 0.335. The first-order valence-corrected chi connectivity index (χ1v) is 8.80. The van der Waals surface area contributed by atoms with E-state index in [-0.39, 0.29) is 0 Å². The molecule has 0 atom stereocenters. The molecule has 6 heteroatoms. The van der Waals surface area contributed by atoms with Crippen LogP contribution in [0.15, 0.2) is 43.0 Å². The molecule has 130 valence electrons. The molecule has 1 aliphatic carbocycles. The molecule has 1 aliphatic rings. The van der Waals surface area contributed by atoms with E-state index in [4.69, 9.17) is 0 Å². The average Bonchev–Trinajstić information content (AvgIpc) is 3.05. The van der Waals surface area contributed by atoms with Crippen LogP contribution in [0.3, 0.4) is 0 Å². The molecule has 0 saturated heterocycles. The van der Waals surface area contributed by atoms with E-state index in [9.17, 15) is 5.11 Å². The largest absolute Gasteiger partial charge is 0.390 e. The number of rotatable bonds is 4. The highest BCUT2D eigenvalue weighted by molar-refractivity contribution is 5.82. The van der Waals surface area contributed by atoms with Gasteiger partial charge in [-0.05, 0) is 38.2 Å². The molecule has 0 spiro atoms. The highest BCUT2D eigenvalue weighted by Gasteiger charge is 2.30. The maximum atomic E-state index is 10.2. The van der Waals surface area contributed by atoms with E-state index in [1.165, 1.54) is 5.56 Å². The number of fused-ring (bicyclic) bond motifs is 1. The molecule has 25 heavy (non-hydrogen) atoms. The van der Waals surface area contributed by atoms with Crippen molar-refractivity contribution in [3.8, 4) is 0 Å². The normalized spacial score (nSPS) is 23.7. The second-order valence-electron chi connectivity index (χ2n) is 7.11. The van der Waals surface area contributed by atoms with Gasteiger partial charge in [-0.25, -0.2) is 15.0 Å². The van der Waals surface area contributed by atoms with Gasteiger partial charge in [-0.1, -0.05) is 30.3 Å². The second-order valence-corrected chi connectivity index (χ2v) is 7.11. The zero-order valence-corrected chi connectivity index (χ0v) is 14.4. The molecule has 0 unspecified atom stereocenters. The number of hydrogen-bond acceptors (Lipinski definition) is 5. The third kappa shape index (κ3) is 3.35. The summed E-state index contributed by atoms with van der Waals surface area (Å²) in [6, 6.07) is 10.6. The Morgan fingerprint density at radius 1 is 1.16 bits per heavy atom. The molecular formula is C19H23N5O. The predicted octanol–water partition coefficient (Wildman–Crippen LogP) is 3.30. The van der Waals surface area contributed by atoms with E-state index in [2.05, 4.69) is 37.0 Å². The summed E-state index contributed by atoms with van der Waals surface area (Å²) in [5.74, 6) is 0.760. The minimum atomic E-state index is -0.537. The molecule has 0 aliphatic heterocycles. The van der Waals surface area contributed by atoms with Gasteiger partial charge in [0.2, 0.25) is 0 Å². The summed E-state index contributed by atoms with van der Waals surface area (Å²) in [5, 5.41) is 13.5. The van der Waals surface area contributed by atoms with Gasteiger partial charge < -0.3 is 15.0 Å². The van der Waals surface area contributed by atoms with Crippen LogP contribution >= 0.6 is 0 Å². The molecule has 0 amide bonds. The van der Waals surface area contributed by atoms with Gasteiger partial charge in [0, 0.05) is 12.6 Å². The monoisotopic (exact) mass is 337 g/mol. The van der Waals surface area contributed by atoms with Gasteiger partial charge >= 0.3 is 0 Å². The Bertz CT molecular complexity index is 849. The third-order valence-electron chi connectivity index (χ3n) is 5.09. The Morgan fingerprint density at radius 2 is 1.92 bits per heavy atom. The number of anilines is 1. The van der Waals surface area contributed by atoms with E-state index in [0.717, 1.165) is 42.7 Å². The van der Waals surface area contributed by atoms with Crippen molar-refractivity contribution in [2.24, 2.45) is 0 Å². The van der Waals surface area contributed by atoms with Crippen molar-refractivity contribution in [2.45, 2.75) is 50.8 Å². The molecule has 1 fully saturated rings. The molecule has 0 bridgehead atoms. The van der Waals surface area contributed by atoms with Crippen LogP contribution in [0.1, 0.15) is 44.2 Å². The molecule has 2 N–H and O–H groups in total. The standard InChI is InChI=1S/C19H23N5O/c1-19(25)9-7-15(8-10-19)24-13-23-16-17(21-12-22-18(16)24)20-11-14-5-3-2-4-6-14/h2-6,12-13,15,25H,7-11H2,1H3,(H,20,21,22). The lowest BCUT2D eigenvalue weighted by Crippen LogP contribution is -2.31. The molecule has 3 aromatic rings. The fourth-order valence-corrected chi connectivity index (χ4v) is 3.53. The number of imidazole rings is 1. The highest BCUT2D eigenvalue weighted by Crippen LogP contribution is 2.36. The van der Waals surface area contributed by atoms with E-state index in [0.29, 0.717) is 12.6 Å². The van der Waals surface area contributed by atoms with Gasteiger partial charge in [0.1, 0.15) is 11.8 Å². The first-order chi connectivity index (χ1) is 12.1. The van der Waals surface area contributed by atoms with E-state index in [1.807, 2.05) is 31.5 Å². The molecular weight excluding hydrogens is 314 g/mol. The molecule has 2 aromatic heterocycles. The van der Waals surface area contributed by atoms with Crippen LogP contribution in [0, 0.1) is 0 Å². The Hall–Kier alpha value is -2.47. The highest BCUT2D eigenvalue weighted by atomic mass is 16.3. The van der Waals surface area contributed by atoms with Crippen LogP contribution in [0.25, 0.3) is 11.2 Å². The van der Waals surface area contributed by atoms with Crippen molar-refractivity contribution in [3.05, 3.63) is 48.5 Å². The quantitative estimate of drug-likeness (QED) is 0.764. The molecule has 0 radical (unpaired) electrons. The first-order valence-electron chi connectivity index (χ1n) is 8.80. The van der Waals surface area contributed by atoms with Gasteiger partial charge in [0.15, 0.2) is 11.5 Å². The van der Waals surface area contributed by atoms with Crippen molar-refractivity contribution >= 4 is 17.0 Å². The summed E-state index contributed by atoms with van der Waals surface area (Å²) in [7, 11) is 0. The van der Waals surface area contributed by atoms with Crippen LogP contribution in [0.5, 0.6) is 0 Å². The average molecular weight is 337 g/mol. The van der Waals surface area contributed by atoms with Crippen LogP contribution in [-0.4, -0.2) is 30.2 Å². The van der Waals surface area contributed by atoms with E-state index < -0.39 is 5.60 Å². The maximum Gasteiger partial charge on any atom is 0.165 e. The fraction of sp³-hybridized carbons (Fsp3) is 0.421. The zero-order chi connectivity index (χ0) is 17.3. The smallest absolute Gasteiger partial charge is 0.165 e. The second kappa shape index (κ2) is 6.44. The molecule has 6 nitrogen and oxygen atoms in total. The number of benzene rings is 1. The Morgan fingerprint density at radius 3 is 2.68 bits per heavy atom. The van der Waals surface area contributed by atoms with Crippen molar-refractivity contribution in [3.63, 3.8) is 0 Å². The topological polar surface area (TPSA) is 75.9 Å². The van der Waals surface area contributed by atoms with Gasteiger partial charge in [0.05, 0.1) is 11.9 Å². The zero-order valence-electron chi connectivity index (χ0n) is 14.4. The number of hydrogen-bond donors (Lipinski definition) is 2. The third-order valence-corrected chi connectivity index (χ3v) is 5.09. The van der Waals surface area contributed by atoms with Crippen molar-refractivity contribution in [1.29, 1.82) is 0 Å². The number of aliphatic hydroxyl groups is 1. The lowest BCUT2D eigenvalue weighted by Gasteiger charge is -2.33. The maximum absolute atomic E-state index is 10.2. The summed E-state index contributed by atoms with van der Waals surface area (Å²) in [6.45, 7) is 2.62. The van der Waals surface area contributed by atoms with E-state index >= 15 is 0 Å². The van der Waals surface area contributed by atoms with Gasteiger partial charge in [0.25, 0.3) is 0 Å². The van der Waals surface area contributed by atoms with Crippen molar-refractivity contribution in [1.82, 2.24) is 19.5 Å². The van der Waals surface area contributed by atoms with Crippen molar-refractivity contribution in [2.75, 3.05) is 5.32 Å². The predicted molar refractivity (Wildman–Crippen MR) is 97.2 cm³/mol. The Labute approximate surface area is 147 Å². The Kier molecular flexibility index (Phi) is 4.13.